The van der Waals surface area contributed by atoms with Gasteiger partial charge in [0.25, 0.3) is 5.91 Å². The number of ether oxygens (including phenoxy) is 3. The zero-order chi connectivity index (χ0) is 14.8. The Morgan fingerprint density at radius 1 is 1.29 bits per heavy atom. The van der Waals surface area contributed by atoms with E-state index in [-0.39, 0.29) is 24.7 Å². The Labute approximate surface area is 123 Å². The molecular formula is C15H19NO5. The van der Waals surface area contributed by atoms with E-state index >= 15 is 0 Å². The normalized spacial score (nSPS) is 24.8. The van der Waals surface area contributed by atoms with Crippen molar-refractivity contribution in [2.24, 2.45) is 0 Å². The second-order valence-electron chi connectivity index (χ2n) is 5.32. The highest BCUT2D eigenvalue weighted by atomic mass is 16.6. The second kappa shape index (κ2) is 5.91. The van der Waals surface area contributed by atoms with Crippen LogP contribution in [-0.4, -0.2) is 61.0 Å². The number of benzene rings is 1. The molecule has 1 N–H and O–H groups in total. The van der Waals surface area contributed by atoms with Gasteiger partial charge in [-0.05, 0) is 25.1 Å². The Hall–Kier alpha value is -1.79. The Kier molecular flexibility index (Phi) is 3.98. The Balaban J connectivity index is 1.78. The predicted molar refractivity (Wildman–Crippen MR) is 74.8 cm³/mol. The molecule has 0 spiro atoms. The van der Waals surface area contributed by atoms with Gasteiger partial charge in [-0.15, -0.1) is 0 Å². The van der Waals surface area contributed by atoms with Crippen LogP contribution in [0.25, 0.3) is 0 Å². The first-order valence-corrected chi connectivity index (χ1v) is 7.12. The summed E-state index contributed by atoms with van der Waals surface area (Å²) in [4.78, 5) is 14.3. The van der Waals surface area contributed by atoms with Crippen LogP contribution < -0.4 is 9.47 Å². The molecule has 1 aromatic rings. The first-order valence-electron chi connectivity index (χ1n) is 7.12. The largest absolute Gasteiger partial charge is 0.486 e. The number of fused-ring (bicyclic) bond motifs is 1. The SMILES string of the molecule is CC1CN(C(=O)c2ccc3c(c2)OCCO3)CC(CO)O1. The van der Waals surface area contributed by atoms with Gasteiger partial charge in [-0.2, -0.15) is 0 Å². The van der Waals surface area contributed by atoms with Crippen LogP contribution in [-0.2, 0) is 4.74 Å². The minimum absolute atomic E-state index is 0.0828. The lowest BCUT2D eigenvalue weighted by molar-refractivity contribution is -0.0858. The molecule has 21 heavy (non-hydrogen) atoms. The van der Waals surface area contributed by atoms with Crippen molar-refractivity contribution in [2.45, 2.75) is 19.1 Å². The van der Waals surface area contributed by atoms with Gasteiger partial charge in [-0.1, -0.05) is 0 Å². The molecule has 3 rings (SSSR count). The molecule has 1 amide bonds. The molecule has 2 unspecified atom stereocenters. The summed E-state index contributed by atoms with van der Waals surface area (Å²) in [5, 5.41) is 9.24. The molecule has 0 aromatic heterocycles. The summed E-state index contributed by atoms with van der Waals surface area (Å²) in [5.41, 5.74) is 0.560. The van der Waals surface area contributed by atoms with Crippen LogP contribution >= 0.6 is 0 Å². The topological polar surface area (TPSA) is 68.2 Å². The highest BCUT2D eigenvalue weighted by Crippen LogP contribution is 2.31. The molecule has 0 saturated carbocycles. The van der Waals surface area contributed by atoms with E-state index in [4.69, 9.17) is 14.2 Å². The Morgan fingerprint density at radius 2 is 2.05 bits per heavy atom. The van der Waals surface area contributed by atoms with E-state index in [0.29, 0.717) is 43.4 Å². The van der Waals surface area contributed by atoms with Crippen molar-refractivity contribution in [3.05, 3.63) is 23.8 Å². The van der Waals surface area contributed by atoms with Gasteiger partial charge in [-0.3, -0.25) is 4.79 Å². The van der Waals surface area contributed by atoms with Gasteiger partial charge in [0, 0.05) is 18.7 Å². The Bertz CT molecular complexity index is 533. The average Bonchev–Trinajstić information content (AvgIpc) is 2.53. The molecule has 1 fully saturated rings. The molecule has 0 bridgehead atoms. The first-order chi connectivity index (χ1) is 10.2. The summed E-state index contributed by atoms with van der Waals surface area (Å²) < 4.78 is 16.5. The van der Waals surface area contributed by atoms with Crippen molar-refractivity contribution in [1.29, 1.82) is 0 Å². The molecule has 2 aliphatic rings. The number of aliphatic hydroxyl groups excluding tert-OH is 1. The maximum absolute atomic E-state index is 12.6. The van der Waals surface area contributed by atoms with E-state index in [1.165, 1.54) is 0 Å². The van der Waals surface area contributed by atoms with E-state index < -0.39 is 0 Å². The number of amides is 1. The highest BCUT2D eigenvalue weighted by Gasteiger charge is 2.29. The van der Waals surface area contributed by atoms with E-state index in [9.17, 15) is 9.90 Å². The molecule has 114 valence electrons. The van der Waals surface area contributed by atoms with Crippen LogP contribution in [0.15, 0.2) is 18.2 Å². The van der Waals surface area contributed by atoms with E-state index in [1.807, 2.05) is 6.92 Å². The molecular weight excluding hydrogens is 274 g/mol. The highest BCUT2D eigenvalue weighted by molar-refractivity contribution is 5.95. The lowest BCUT2D eigenvalue weighted by atomic mass is 10.1. The Morgan fingerprint density at radius 3 is 2.81 bits per heavy atom. The summed E-state index contributed by atoms with van der Waals surface area (Å²) in [6.45, 7) is 3.74. The van der Waals surface area contributed by atoms with Crippen molar-refractivity contribution in [1.82, 2.24) is 4.90 Å². The number of aliphatic hydroxyl groups is 1. The zero-order valence-corrected chi connectivity index (χ0v) is 11.9. The summed E-state index contributed by atoms with van der Waals surface area (Å²) >= 11 is 0. The molecule has 0 radical (unpaired) electrons. The van der Waals surface area contributed by atoms with E-state index in [0.717, 1.165) is 0 Å². The van der Waals surface area contributed by atoms with Crippen LogP contribution in [0.4, 0.5) is 0 Å². The number of carbonyl (C=O) groups excluding carboxylic acids is 1. The maximum atomic E-state index is 12.6. The van der Waals surface area contributed by atoms with Crippen LogP contribution in [0.1, 0.15) is 17.3 Å². The molecule has 2 heterocycles. The lowest BCUT2D eigenvalue weighted by Gasteiger charge is -2.36. The fraction of sp³-hybridized carbons (Fsp3) is 0.533. The molecule has 6 nitrogen and oxygen atoms in total. The fourth-order valence-corrected chi connectivity index (χ4v) is 2.67. The molecule has 2 atom stereocenters. The maximum Gasteiger partial charge on any atom is 0.254 e. The number of hydrogen-bond acceptors (Lipinski definition) is 5. The molecule has 2 aliphatic heterocycles. The fourth-order valence-electron chi connectivity index (χ4n) is 2.67. The number of carbonyl (C=O) groups is 1. The van der Waals surface area contributed by atoms with Crippen molar-refractivity contribution in [3.63, 3.8) is 0 Å². The van der Waals surface area contributed by atoms with E-state index in [1.54, 1.807) is 23.1 Å². The van der Waals surface area contributed by atoms with Crippen LogP contribution in [0.2, 0.25) is 0 Å². The van der Waals surface area contributed by atoms with Crippen molar-refractivity contribution in [2.75, 3.05) is 32.9 Å². The van der Waals surface area contributed by atoms with E-state index in [2.05, 4.69) is 0 Å². The summed E-state index contributed by atoms with van der Waals surface area (Å²) in [7, 11) is 0. The summed E-state index contributed by atoms with van der Waals surface area (Å²) in [6.07, 6.45) is -0.410. The monoisotopic (exact) mass is 293 g/mol. The lowest BCUT2D eigenvalue weighted by Crippen LogP contribution is -2.50. The molecule has 1 saturated heterocycles. The number of nitrogens with zero attached hydrogens (tertiary/aromatic N) is 1. The standard InChI is InChI=1S/C15H19NO5/c1-10-7-16(8-12(9-17)21-10)15(18)11-2-3-13-14(6-11)20-5-4-19-13/h2-3,6,10,12,17H,4-5,7-9H2,1H3. The molecule has 0 aliphatic carbocycles. The number of rotatable bonds is 2. The van der Waals surface area contributed by atoms with Crippen molar-refractivity contribution in [3.8, 4) is 11.5 Å². The zero-order valence-electron chi connectivity index (χ0n) is 11.9. The number of morpholine rings is 1. The van der Waals surface area contributed by atoms with Crippen molar-refractivity contribution < 1.29 is 24.1 Å². The first kappa shape index (κ1) is 14.2. The minimum Gasteiger partial charge on any atom is -0.486 e. The van der Waals surface area contributed by atoms with Crippen LogP contribution in [0.3, 0.4) is 0 Å². The molecule has 1 aromatic carbocycles. The quantitative estimate of drug-likeness (QED) is 0.868. The van der Waals surface area contributed by atoms with Gasteiger partial charge in [0.15, 0.2) is 11.5 Å². The predicted octanol–water partition coefficient (Wildman–Crippen LogP) is 0.680. The smallest absolute Gasteiger partial charge is 0.254 e. The van der Waals surface area contributed by atoms with Gasteiger partial charge in [0.2, 0.25) is 0 Å². The summed E-state index contributed by atoms with van der Waals surface area (Å²) in [6, 6.07) is 5.21. The third kappa shape index (κ3) is 2.96. The number of hydrogen-bond donors (Lipinski definition) is 1. The van der Waals surface area contributed by atoms with Gasteiger partial charge in [0.05, 0.1) is 18.8 Å². The van der Waals surface area contributed by atoms with Gasteiger partial charge in [0.1, 0.15) is 13.2 Å². The van der Waals surface area contributed by atoms with Gasteiger partial charge in [-0.25, -0.2) is 0 Å². The van der Waals surface area contributed by atoms with Crippen LogP contribution in [0.5, 0.6) is 11.5 Å². The van der Waals surface area contributed by atoms with Gasteiger partial charge < -0.3 is 24.2 Å². The van der Waals surface area contributed by atoms with Crippen LogP contribution in [0, 0.1) is 0 Å². The summed E-state index contributed by atoms with van der Waals surface area (Å²) in [5.74, 6) is 1.19. The second-order valence-corrected chi connectivity index (χ2v) is 5.32. The van der Waals surface area contributed by atoms with Crippen molar-refractivity contribution >= 4 is 5.91 Å². The van der Waals surface area contributed by atoms with Gasteiger partial charge >= 0.3 is 0 Å². The third-order valence-electron chi connectivity index (χ3n) is 3.61. The average molecular weight is 293 g/mol. The third-order valence-corrected chi connectivity index (χ3v) is 3.61. The minimum atomic E-state index is -0.324. The molecule has 6 heteroatoms.